The van der Waals surface area contributed by atoms with Crippen molar-refractivity contribution in [3.05, 3.63) is 87.3 Å². The highest BCUT2D eigenvalue weighted by Crippen LogP contribution is 2.40. The molecule has 0 saturated carbocycles. The summed E-state index contributed by atoms with van der Waals surface area (Å²) in [5.74, 6) is -0.350. The standard InChI is InChI=1S/C23H23N3O3S/c1-4-29-23(28)18-14(2)24-21-20(19(18)15-10-12-17(30-3)13-11-15)22(27)26(25-21)16-8-6-5-7-9-16/h5-13,19,24-25H,4H2,1-3H3. The number of anilines is 1. The van der Waals surface area contributed by atoms with Crippen molar-refractivity contribution in [1.29, 1.82) is 0 Å². The number of aromatic amines is 1. The lowest BCUT2D eigenvalue weighted by Gasteiger charge is -2.26. The smallest absolute Gasteiger partial charge is 0.336 e. The maximum Gasteiger partial charge on any atom is 0.336 e. The van der Waals surface area contributed by atoms with Crippen LogP contribution >= 0.6 is 11.8 Å². The minimum atomic E-state index is -0.523. The molecule has 0 bridgehead atoms. The number of para-hydroxylation sites is 1. The lowest BCUT2D eigenvalue weighted by atomic mass is 9.82. The molecule has 4 rings (SSSR count). The summed E-state index contributed by atoms with van der Waals surface area (Å²) in [6.45, 7) is 3.87. The number of hydrogen-bond donors (Lipinski definition) is 2. The molecule has 3 aromatic rings. The summed E-state index contributed by atoms with van der Waals surface area (Å²) in [6, 6.07) is 17.3. The van der Waals surface area contributed by atoms with E-state index in [1.54, 1.807) is 18.7 Å². The van der Waals surface area contributed by atoms with E-state index in [0.29, 0.717) is 22.7 Å². The molecule has 1 aliphatic heterocycles. The molecule has 0 fully saturated rings. The third-order valence-corrected chi connectivity index (χ3v) is 5.92. The van der Waals surface area contributed by atoms with E-state index in [9.17, 15) is 9.59 Å². The van der Waals surface area contributed by atoms with Gasteiger partial charge in [0.2, 0.25) is 0 Å². The van der Waals surface area contributed by atoms with E-state index < -0.39 is 11.9 Å². The molecule has 2 heterocycles. The lowest BCUT2D eigenvalue weighted by Crippen LogP contribution is -2.28. The molecular formula is C23H23N3O3S. The summed E-state index contributed by atoms with van der Waals surface area (Å²) in [5, 5.41) is 6.37. The van der Waals surface area contributed by atoms with Gasteiger partial charge in [0.1, 0.15) is 5.82 Å². The van der Waals surface area contributed by atoms with E-state index in [1.807, 2.05) is 67.8 Å². The van der Waals surface area contributed by atoms with Crippen LogP contribution in [0.5, 0.6) is 0 Å². The van der Waals surface area contributed by atoms with Crippen molar-refractivity contribution in [1.82, 2.24) is 9.78 Å². The summed E-state index contributed by atoms with van der Waals surface area (Å²) in [7, 11) is 0. The van der Waals surface area contributed by atoms with E-state index in [4.69, 9.17) is 4.74 Å². The van der Waals surface area contributed by atoms with Crippen LogP contribution < -0.4 is 10.9 Å². The summed E-state index contributed by atoms with van der Waals surface area (Å²) < 4.78 is 6.84. The number of ether oxygens (including phenoxy) is 1. The predicted octanol–water partition coefficient (Wildman–Crippen LogP) is 4.28. The number of nitrogens with one attached hydrogen (secondary N) is 2. The number of hydrogen-bond acceptors (Lipinski definition) is 5. The predicted molar refractivity (Wildman–Crippen MR) is 119 cm³/mol. The molecule has 1 atom stereocenters. The quantitative estimate of drug-likeness (QED) is 0.475. The Morgan fingerprint density at radius 3 is 2.47 bits per heavy atom. The van der Waals surface area contributed by atoms with E-state index in [-0.39, 0.29) is 12.2 Å². The molecule has 7 heteroatoms. The molecule has 2 N–H and O–H groups in total. The third-order valence-electron chi connectivity index (χ3n) is 5.18. The Morgan fingerprint density at radius 1 is 1.13 bits per heavy atom. The van der Waals surface area contributed by atoms with Crippen molar-refractivity contribution in [2.24, 2.45) is 0 Å². The molecular weight excluding hydrogens is 398 g/mol. The van der Waals surface area contributed by atoms with Gasteiger partial charge < -0.3 is 10.1 Å². The van der Waals surface area contributed by atoms with Gasteiger partial charge in [-0.2, -0.15) is 0 Å². The first-order valence-corrected chi connectivity index (χ1v) is 11.0. The Labute approximate surface area is 178 Å². The zero-order chi connectivity index (χ0) is 21.3. The van der Waals surface area contributed by atoms with Crippen LogP contribution in [0.4, 0.5) is 5.82 Å². The van der Waals surface area contributed by atoms with Crippen molar-refractivity contribution in [2.75, 3.05) is 18.2 Å². The van der Waals surface area contributed by atoms with Gasteiger partial charge in [-0.3, -0.25) is 9.89 Å². The molecule has 0 amide bonds. The molecule has 6 nitrogen and oxygen atoms in total. The van der Waals surface area contributed by atoms with Crippen LogP contribution in [-0.2, 0) is 9.53 Å². The first kappa shape index (κ1) is 20.1. The molecule has 0 aliphatic carbocycles. The number of nitrogens with zero attached hydrogens (tertiary/aromatic N) is 1. The average Bonchev–Trinajstić information content (AvgIpc) is 3.09. The number of carbonyl (C=O) groups is 1. The second-order valence-corrected chi connectivity index (χ2v) is 7.85. The molecule has 154 valence electrons. The maximum absolute atomic E-state index is 13.5. The SMILES string of the molecule is CCOC(=O)C1=C(C)Nc2[nH]n(-c3ccccc3)c(=O)c2C1c1ccc(SC)cc1. The van der Waals surface area contributed by atoms with E-state index in [1.165, 1.54) is 4.68 Å². The summed E-state index contributed by atoms with van der Waals surface area (Å²) in [5.41, 5.74) is 3.03. The topological polar surface area (TPSA) is 76.1 Å². The molecule has 0 radical (unpaired) electrons. The van der Waals surface area contributed by atoms with Crippen molar-refractivity contribution in [2.45, 2.75) is 24.7 Å². The number of thioether (sulfide) groups is 1. The van der Waals surface area contributed by atoms with Crippen LogP contribution in [0.3, 0.4) is 0 Å². The number of carbonyl (C=O) groups excluding carboxylic acids is 1. The van der Waals surface area contributed by atoms with Gasteiger partial charge >= 0.3 is 5.97 Å². The van der Waals surface area contributed by atoms with Crippen LogP contribution in [0.15, 0.2) is 75.6 Å². The minimum absolute atomic E-state index is 0.197. The van der Waals surface area contributed by atoms with Crippen molar-refractivity contribution >= 4 is 23.5 Å². The number of allylic oxidation sites excluding steroid dienone is 1. The molecule has 1 aliphatic rings. The first-order chi connectivity index (χ1) is 14.5. The van der Waals surface area contributed by atoms with E-state index >= 15 is 0 Å². The van der Waals surface area contributed by atoms with Crippen molar-refractivity contribution < 1.29 is 9.53 Å². The normalized spacial score (nSPS) is 15.5. The maximum atomic E-state index is 13.5. The molecule has 1 unspecified atom stereocenters. The van der Waals surface area contributed by atoms with Gasteiger partial charge in [-0.15, -0.1) is 11.8 Å². The Balaban J connectivity index is 1.92. The fraction of sp³-hybridized carbons (Fsp3) is 0.217. The van der Waals surface area contributed by atoms with Gasteiger partial charge in [-0.05, 0) is 49.9 Å². The summed E-state index contributed by atoms with van der Waals surface area (Å²) in [6.07, 6.45) is 2.01. The number of aromatic nitrogens is 2. The fourth-order valence-corrected chi connectivity index (χ4v) is 4.21. The third kappa shape index (κ3) is 3.45. The van der Waals surface area contributed by atoms with Gasteiger partial charge in [0, 0.05) is 10.6 Å². The number of H-pyrrole nitrogens is 1. The second-order valence-electron chi connectivity index (χ2n) is 6.97. The fourth-order valence-electron chi connectivity index (χ4n) is 3.80. The largest absolute Gasteiger partial charge is 0.463 e. The first-order valence-electron chi connectivity index (χ1n) is 9.74. The average molecular weight is 422 g/mol. The Kier molecular flexibility index (Phi) is 5.55. The van der Waals surface area contributed by atoms with Crippen LogP contribution in [0.1, 0.15) is 30.9 Å². The lowest BCUT2D eigenvalue weighted by molar-refractivity contribution is -0.138. The van der Waals surface area contributed by atoms with Crippen molar-refractivity contribution in [3.8, 4) is 5.69 Å². The molecule has 1 aromatic heterocycles. The number of benzene rings is 2. The highest BCUT2D eigenvalue weighted by Gasteiger charge is 2.37. The highest BCUT2D eigenvalue weighted by atomic mass is 32.2. The zero-order valence-corrected chi connectivity index (χ0v) is 17.9. The molecule has 30 heavy (non-hydrogen) atoms. The highest BCUT2D eigenvalue weighted by molar-refractivity contribution is 7.98. The van der Waals surface area contributed by atoms with Crippen LogP contribution in [0, 0.1) is 0 Å². The van der Waals surface area contributed by atoms with Gasteiger partial charge in [0.25, 0.3) is 5.56 Å². The molecule has 2 aromatic carbocycles. The van der Waals surface area contributed by atoms with Gasteiger partial charge in [0.15, 0.2) is 0 Å². The van der Waals surface area contributed by atoms with E-state index in [0.717, 1.165) is 16.1 Å². The van der Waals surface area contributed by atoms with Crippen LogP contribution in [-0.4, -0.2) is 28.6 Å². The van der Waals surface area contributed by atoms with E-state index in [2.05, 4.69) is 10.4 Å². The monoisotopic (exact) mass is 421 g/mol. The number of rotatable bonds is 5. The Morgan fingerprint density at radius 2 is 1.83 bits per heavy atom. The summed E-state index contributed by atoms with van der Waals surface area (Å²) in [4.78, 5) is 27.4. The van der Waals surface area contributed by atoms with Crippen LogP contribution in [0.2, 0.25) is 0 Å². The number of fused-ring (bicyclic) bond motifs is 1. The Hall–Kier alpha value is -3.19. The second kappa shape index (κ2) is 8.28. The summed E-state index contributed by atoms with van der Waals surface area (Å²) >= 11 is 1.64. The molecule has 0 saturated heterocycles. The van der Waals surface area contributed by atoms with Gasteiger partial charge in [-0.1, -0.05) is 30.3 Å². The molecule has 0 spiro atoms. The van der Waals surface area contributed by atoms with Gasteiger partial charge in [0.05, 0.1) is 29.3 Å². The van der Waals surface area contributed by atoms with Crippen molar-refractivity contribution in [3.63, 3.8) is 0 Å². The van der Waals surface area contributed by atoms with Gasteiger partial charge in [-0.25, -0.2) is 9.48 Å². The number of esters is 1. The minimum Gasteiger partial charge on any atom is -0.463 e. The Bertz CT molecular complexity index is 1160. The van der Waals surface area contributed by atoms with Crippen LogP contribution in [0.25, 0.3) is 5.69 Å². The zero-order valence-electron chi connectivity index (χ0n) is 17.1.